The number of aromatic nitrogens is 1. The van der Waals surface area contributed by atoms with Gasteiger partial charge in [0.15, 0.2) is 0 Å². The second kappa shape index (κ2) is 5.15. The lowest BCUT2D eigenvalue weighted by atomic mass is 10.2. The van der Waals surface area contributed by atoms with Crippen molar-refractivity contribution in [1.29, 1.82) is 0 Å². The van der Waals surface area contributed by atoms with Crippen LogP contribution in [0.3, 0.4) is 0 Å². The number of carbonyl (C=O) groups excluding carboxylic acids is 1. The van der Waals surface area contributed by atoms with E-state index in [0.717, 1.165) is 18.4 Å². The minimum absolute atomic E-state index is 0.236. The fourth-order valence-electron chi connectivity index (χ4n) is 1.75. The Morgan fingerprint density at radius 2 is 2.16 bits per heavy atom. The molecule has 1 amide bonds. The van der Waals surface area contributed by atoms with Crippen molar-refractivity contribution in [1.82, 2.24) is 9.88 Å². The Hall–Kier alpha value is -1.65. The summed E-state index contributed by atoms with van der Waals surface area (Å²) in [5, 5.41) is 0. The maximum atomic E-state index is 12.8. The van der Waals surface area contributed by atoms with E-state index in [1.54, 1.807) is 11.0 Å². The molecule has 4 nitrogen and oxygen atoms in total. The van der Waals surface area contributed by atoms with E-state index in [1.165, 1.54) is 12.3 Å². The van der Waals surface area contributed by atoms with Crippen molar-refractivity contribution in [2.24, 2.45) is 0 Å². The van der Waals surface area contributed by atoms with Gasteiger partial charge in [-0.15, -0.1) is 0 Å². The van der Waals surface area contributed by atoms with Crippen LogP contribution >= 0.6 is 0 Å². The van der Waals surface area contributed by atoms with Gasteiger partial charge in [-0.2, -0.15) is 4.39 Å². The van der Waals surface area contributed by atoms with E-state index >= 15 is 0 Å². The van der Waals surface area contributed by atoms with Gasteiger partial charge in [0.05, 0.1) is 6.54 Å². The molecule has 2 rings (SSSR count). The fourth-order valence-corrected chi connectivity index (χ4v) is 1.75. The van der Waals surface area contributed by atoms with E-state index in [2.05, 4.69) is 4.98 Å². The quantitative estimate of drug-likeness (QED) is 0.789. The molecule has 0 atom stereocenters. The highest BCUT2D eigenvalue weighted by Crippen LogP contribution is 2.29. The molecule has 0 radical (unpaired) electrons. The zero-order chi connectivity index (χ0) is 14.0. The number of halogens is 1. The van der Waals surface area contributed by atoms with E-state index in [-0.39, 0.29) is 12.1 Å². The maximum absolute atomic E-state index is 12.8. The molecule has 19 heavy (non-hydrogen) atoms. The van der Waals surface area contributed by atoms with E-state index in [1.807, 2.05) is 20.8 Å². The van der Waals surface area contributed by atoms with Gasteiger partial charge in [0.2, 0.25) is 5.95 Å². The second-order valence-electron chi connectivity index (χ2n) is 5.83. The molecule has 0 spiro atoms. The van der Waals surface area contributed by atoms with E-state index in [4.69, 9.17) is 4.74 Å². The third-order valence-corrected chi connectivity index (χ3v) is 2.76. The van der Waals surface area contributed by atoms with Crippen LogP contribution in [0.4, 0.5) is 9.18 Å². The van der Waals surface area contributed by atoms with Gasteiger partial charge < -0.3 is 9.64 Å². The summed E-state index contributed by atoms with van der Waals surface area (Å²) in [4.78, 5) is 17.4. The van der Waals surface area contributed by atoms with Crippen molar-refractivity contribution >= 4 is 6.09 Å². The number of hydrogen-bond donors (Lipinski definition) is 0. The summed E-state index contributed by atoms with van der Waals surface area (Å²) in [6.45, 7) is 5.94. The predicted octanol–water partition coefficient (Wildman–Crippen LogP) is 3.12. The van der Waals surface area contributed by atoms with Crippen molar-refractivity contribution in [3.05, 3.63) is 29.8 Å². The minimum atomic E-state index is -0.515. The number of nitrogens with zero attached hydrogens (tertiary/aromatic N) is 2. The Morgan fingerprint density at radius 1 is 1.47 bits per heavy atom. The van der Waals surface area contributed by atoms with Gasteiger partial charge >= 0.3 is 6.09 Å². The van der Waals surface area contributed by atoms with Gasteiger partial charge in [-0.3, -0.25) is 0 Å². The number of hydrogen-bond acceptors (Lipinski definition) is 3. The molecule has 0 bridgehead atoms. The lowest BCUT2D eigenvalue weighted by Gasteiger charge is -2.27. The van der Waals surface area contributed by atoms with Gasteiger partial charge in [0.1, 0.15) is 5.60 Å². The molecule has 0 saturated heterocycles. The molecule has 1 fully saturated rings. The van der Waals surface area contributed by atoms with Gasteiger partial charge in [0.25, 0.3) is 0 Å². The Kier molecular flexibility index (Phi) is 3.73. The molecular weight excluding hydrogens is 247 g/mol. The van der Waals surface area contributed by atoms with Crippen LogP contribution in [0.2, 0.25) is 0 Å². The molecule has 1 saturated carbocycles. The molecule has 1 aromatic rings. The normalized spacial score (nSPS) is 15.2. The second-order valence-corrected chi connectivity index (χ2v) is 5.83. The molecule has 0 aliphatic heterocycles. The first-order chi connectivity index (χ1) is 8.85. The molecule has 1 aliphatic carbocycles. The van der Waals surface area contributed by atoms with Crippen LogP contribution in [-0.4, -0.2) is 27.6 Å². The largest absolute Gasteiger partial charge is 0.444 e. The standard InChI is InChI=1S/C14H19FN2O2/c1-14(2,3)19-13(18)17(11-5-6-11)9-10-4-7-12(15)16-8-10/h4,7-8,11H,5-6,9H2,1-3H3. The summed E-state index contributed by atoms with van der Waals surface area (Å²) in [7, 11) is 0. The Labute approximate surface area is 112 Å². The van der Waals surface area contributed by atoms with Gasteiger partial charge in [-0.25, -0.2) is 9.78 Å². The topological polar surface area (TPSA) is 42.4 Å². The first-order valence-corrected chi connectivity index (χ1v) is 6.45. The minimum Gasteiger partial charge on any atom is -0.444 e. The molecule has 5 heteroatoms. The lowest BCUT2D eigenvalue weighted by molar-refractivity contribution is 0.0216. The van der Waals surface area contributed by atoms with Crippen LogP contribution in [0.5, 0.6) is 0 Å². The smallest absolute Gasteiger partial charge is 0.410 e. The van der Waals surface area contributed by atoms with Crippen molar-refractivity contribution in [3.8, 4) is 0 Å². The van der Waals surface area contributed by atoms with Crippen LogP contribution in [-0.2, 0) is 11.3 Å². The van der Waals surface area contributed by atoms with E-state index in [0.29, 0.717) is 6.54 Å². The Morgan fingerprint density at radius 3 is 2.63 bits per heavy atom. The molecule has 104 valence electrons. The van der Waals surface area contributed by atoms with Crippen LogP contribution in [0.1, 0.15) is 39.2 Å². The van der Waals surface area contributed by atoms with Crippen molar-refractivity contribution in [2.75, 3.05) is 0 Å². The Balaban J connectivity index is 2.04. The zero-order valence-corrected chi connectivity index (χ0v) is 11.5. The fraction of sp³-hybridized carbons (Fsp3) is 0.571. The average Bonchev–Trinajstić information content (AvgIpc) is 3.09. The third-order valence-electron chi connectivity index (χ3n) is 2.76. The number of amides is 1. The van der Waals surface area contributed by atoms with E-state index < -0.39 is 11.5 Å². The highest BCUT2D eigenvalue weighted by molar-refractivity contribution is 5.69. The molecule has 1 heterocycles. The summed E-state index contributed by atoms with van der Waals surface area (Å²) in [6.07, 6.45) is 3.12. The first kappa shape index (κ1) is 13.8. The van der Waals surface area contributed by atoms with Crippen molar-refractivity contribution in [3.63, 3.8) is 0 Å². The third kappa shape index (κ3) is 4.19. The first-order valence-electron chi connectivity index (χ1n) is 6.45. The predicted molar refractivity (Wildman–Crippen MR) is 69.0 cm³/mol. The van der Waals surface area contributed by atoms with Crippen molar-refractivity contribution in [2.45, 2.75) is 51.8 Å². The maximum Gasteiger partial charge on any atom is 0.410 e. The molecule has 0 unspecified atom stereocenters. The van der Waals surface area contributed by atoms with Crippen LogP contribution in [0.15, 0.2) is 18.3 Å². The van der Waals surface area contributed by atoms with Crippen molar-refractivity contribution < 1.29 is 13.9 Å². The summed E-state index contributed by atoms with van der Waals surface area (Å²) in [5.41, 5.74) is 0.296. The summed E-state index contributed by atoms with van der Waals surface area (Å²) in [5.74, 6) is -0.515. The molecule has 1 aliphatic rings. The van der Waals surface area contributed by atoms with Crippen LogP contribution < -0.4 is 0 Å². The Bertz CT molecular complexity index is 450. The summed E-state index contributed by atoms with van der Waals surface area (Å²) >= 11 is 0. The molecule has 0 aromatic carbocycles. The lowest BCUT2D eigenvalue weighted by Crippen LogP contribution is -2.37. The molecule has 0 N–H and O–H groups in total. The number of rotatable bonds is 3. The van der Waals surface area contributed by atoms with Crippen LogP contribution in [0, 0.1) is 5.95 Å². The van der Waals surface area contributed by atoms with Crippen LogP contribution in [0.25, 0.3) is 0 Å². The SMILES string of the molecule is CC(C)(C)OC(=O)N(Cc1ccc(F)nc1)C1CC1. The van der Waals surface area contributed by atoms with Gasteiger partial charge in [-0.05, 0) is 45.2 Å². The monoisotopic (exact) mass is 266 g/mol. The van der Waals surface area contributed by atoms with E-state index in [9.17, 15) is 9.18 Å². The number of ether oxygens (including phenoxy) is 1. The number of carbonyl (C=O) groups is 1. The molecular formula is C14H19FN2O2. The number of pyridine rings is 1. The zero-order valence-electron chi connectivity index (χ0n) is 11.5. The van der Waals surface area contributed by atoms with Gasteiger partial charge in [0, 0.05) is 12.2 Å². The molecule has 1 aromatic heterocycles. The summed E-state index contributed by atoms with van der Waals surface area (Å²) in [6, 6.07) is 3.18. The average molecular weight is 266 g/mol. The highest BCUT2D eigenvalue weighted by Gasteiger charge is 2.35. The highest BCUT2D eigenvalue weighted by atomic mass is 19.1. The summed E-state index contributed by atoms with van der Waals surface area (Å²) < 4.78 is 18.1. The van der Waals surface area contributed by atoms with Gasteiger partial charge in [-0.1, -0.05) is 6.07 Å².